The largest absolute Gasteiger partial charge is 0.494 e. The maximum Gasteiger partial charge on any atom is 0.222 e. The lowest BCUT2D eigenvalue weighted by atomic mass is 9.94. The van der Waals surface area contributed by atoms with Crippen molar-refractivity contribution in [2.24, 2.45) is 0 Å². The van der Waals surface area contributed by atoms with Crippen LogP contribution in [0.15, 0.2) is 36.5 Å². The number of piperidine rings is 1. The summed E-state index contributed by atoms with van der Waals surface area (Å²) in [6.07, 6.45) is 5.23. The molecule has 1 atom stereocenters. The van der Waals surface area contributed by atoms with Crippen molar-refractivity contribution in [3.8, 4) is 5.75 Å². The Morgan fingerprint density at radius 1 is 1.42 bits per heavy atom. The van der Waals surface area contributed by atoms with Gasteiger partial charge in [0.2, 0.25) is 5.91 Å². The molecule has 0 bridgehead atoms. The molecule has 1 saturated heterocycles. The van der Waals surface area contributed by atoms with Crippen molar-refractivity contribution in [1.29, 1.82) is 0 Å². The van der Waals surface area contributed by atoms with Gasteiger partial charge in [0.1, 0.15) is 5.75 Å². The number of likely N-dealkylation sites (tertiary alicyclic amines) is 1. The molecule has 24 heavy (non-hydrogen) atoms. The van der Waals surface area contributed by atoms with Crippen molar-refractivity contribution in [3.05, 3.63) is 47.8 Å². The zero-order valence-corrected chi connectivity index (χ0v) is 14.2. The van der Waals surface area contributed by atoms with Gasteiger partial charge in [0, 0.05) is 37.3 Å². The number of aromatic amines is 1. The Hall–Kier alpha value is -2.30. The number of carbonyl (C=O) groups excluding carboxylic acids is 1. The first kappa shape index (κ1) is 16.6. The van der Waals surface area contributed by atoms with Gasteiger partial charge < -0.3 is 9.64 Å². The van der Waals surface area contributed by atoms with E-state index in [1.165, 1.54) is 5.56 Å². The first-order valence-corrected chi connectivity index (χ1v) is 8.69. The third-order valence-corrected chi connectivity index (χ3v) is 4.53. The van der Waals surface area contributed by atoms with E-state index >= 15 is 0 Å². The maximum absolute atomic E-state index is 12.4. The fourth-order valence-corrected chi connectivity index (χ4v) is 3.23. The quantitative estimate of drug-likeness (QED) is 0.828. The number of benzene rings is 1. The minimum absolute atomic E-state index is 0.229. The number of carbonyl (C=O) groups is 1. The van der Waals surface area contributed by atoms with Gasteiger partial charge in [-0.15, -0.1) is 0 Å². The molecule has 0 aliphatic carbocycles. The number of H-pyrrole nitrogens is 1. The van der Waals surface area contributed by atoms with E-state index in [9.17, 15) is 4.79 Å². The average Bonchev–Trinajstić information content (AvgIpc) is 3.13. The van der Waals surface area contributed by atoms with E-state index in [-0.39, 0.29) is 5.91 Å². The Morgan fingerprint density at radius 2 is 2.33 bits per heavy atom. The zero-order chi connectivity index (χ0) is 16.8. The second-order valence-corrected chi connectivity index (χ2v) is 6.46. The van der Waals surface area contributed by atoms with Crippen molar-refractivity contribution < 1.29 is 9.53 Å². The summed E-state index contributed by atoms with van der Waals surface area (Å²) >= 11 is 0. The molecule has 128 valence electrons. The van der Waals surface area contributed by atoms with Crippen molar-refractivity contribution in [1.82, 2.24) is 15.1 Å². The molecule has 0 saturated carbocycles. The van der Waals surface area contributed by atoms with Gasteiger partial charge in [-0.2, -0.15) is 5.10 Å². The standard InChI is InChI=1S/C19H25N3O2/c1-15-5-2-7-17(13-15)24-12-4-8-19(23)22-11-3-6-16(14-22)18-9-10-20-21-18/h2,5,7,9-10,13,16H,3-4,6,8,11-12,14H2,1H3,(H,20,21)/t16-/m0/s1. The molecule has 3 rings (SSSR count). The molecular formula is C19H25N3O2. The lowest BCUT2D eigenvalue weighted by Crippen LogP contribution is -2.39. The summed E-state index contributed by atoms with van der Waals surface area (Å²) in [5.41, 5.74) is 2.32. The van der Waals surface area contributed by atoms with Gasteiger partial charge in [-0.1, -0.05) is 12.1 Å². The highest BCUT2D eigenvalue weighted by atomic mass is 16.5. The highest BCUT2D eigenvalue weighted by Crippen LogP contribution is 2.25. The van der Waals surface area contributed by atoms with Gasteiger partial charge in [-0.25, -0.2) is 0 Å². The van der Waals surface area contributed by atoms with E-state index in [1.807, 2.05) is 42.2 Å². The summed E-state index contributed by atoms with van der Waals surface area (Å²) in [6.45, 7) is 4.28. The summed E-state index contributed by atoms with van der Waals surface area (Å²) in [4.78, 5) is 14.4. The second kappa shape index (κ2) is 7.99. The van der Waals surface area contributed by atoms with E-state index in [0.717, 1.165) is 43.8 Å². The summed E-state index contributed by atoms with van der Waals surface area (Å²) in [5, 5.41) is 7.05. The van der Waals surface area contributed by atoms with E-state index in [2.05, 4.69) is 10.2 Å². The number of nitrogens with one attached hydrogen (secondary N) is 1. The molecular weight excluding hydrogens is 302 g/mol. The molecule has 1 amide bonds. The third-order valence-electron chi connectivity index (χ3n) is 4.53. The highest BCUT2D eigenvalue weighted by Gasteiger charge is 2.25. The molecule has 1 fully saturated rings. The molecule has 1 aromatic heterocycles. The van der Waals surface area contributed by atoms with E-state index in [4.69, 9.17) is 4.74 Å². The summed E-state index contributed by atoms with van der Waals surface area (Å²) in [7, 11) is 0. The Bertz CT molecular complexity index is 654. The van der Waals surface area contributed by atoms with E-state index in [0.29, 0.717) is 18.9 Å². The fourth-order valence-electron chi connectivity index (χ4n) is 3.23. The van der Waals surface area contributed by atoms with E-state index < -0.39 is 0 Å². The Balaban J connectivity index is 1.41. The van der Waals surface area contributed by atoms with Gasteiger partial charge in [-0.3, -0.25) is 9.89 Å². The number of hydrogen-bond donors (Lipinski definition) is 1. The molecule has 2 heterocycles. The van der Waals surface area contributed by atoms with Crippen LogP contribution in [-0.2, 0) is 4.79 Å². The average molecular weight is 327 g/mol. The summed E-state index contributed by atoms with van der Waals surface area (Å²) < 4.78 is 5.72. The topological polar surface area (TPSA) is 58.2 Å². The van der Waals surface area contributed by atoms with Crippen LogP contribution >= 0.6 is 0 Å². The third kappa shape index (κ3) is 4.37. The van der Waals surface area contributed by atoms with Crippen LogP contribution in [-0.4, -0.2) is 40.7 Å². The lowest BCUT2D eigenvalue weighted by molar-refractivity contribution is -0.132. The number of nitrogens with zero attached hydrogens (tertiary/aromatic N) is 2. The minimum atomic E-state index is 0.229. The molecule has 1 aromatic carbocycles. The van der Waals surface area contributed by atoms with Crippen molar-refractivity contribution in [2.75, 3.05) is 19.7 Å². The molecule has 1 aliphatic heterocycles. The monoisotopic (exact) mass is 327 g/mol. The Morgan fingerprint density at radius 3 is 3.12 bits per heavy atom. The van der Waals surface area contributed by atoms with Crippen molar-refractivity contribution >= 4 is 5.91 Å². The number of amides is 1. The SMILES string of the molecule is Cc1cccc(OCCCC(=O)N2CCC[C@H](c3ccn[nH]3)C2)c1. The van der Waals surface area contributed by atoms with Gasteiger partial charge in [0.15, 0.2) is 0 Å². The van der Waals surface area contributed by atoms with Gasteiger partial charge in [0.05, 0.1) is 6.61 Å². The van der Waals surface area contributed by atoms with Crippen molar-refractivity contribution in [3.63, 3.8) is 0 Å². The van der Waals surface area contributed by atoms with Gasteiger partial charge >= 0.3 is 0 Å². The Labute approximate surface area is 143 Å². The van der Waals surface area contributed by atoms with Crippen LogP contribution in [0.1, 0.15) is 42.9 Å². The van der Waals surface area contributed by atoms with Crippen LogP contribution < -0.4 is 4.74 Å². The van der Waals surface area contributed by atoms with Gasteiger partial charge in [-0.05, 0) is 49.9 Å². The van der Waals surface area contributed by atoms with Crippen molar-refractivity contribution in [2.45, 2.75) is 38.5 Å². The number of rotatable bonds is 6. The molecule has 5 nitrogen and oxygen atoms in total. The smallest absolute Gasteiger partial charge is 0.222 e. The lowest BCUT2D eigenvalue weighted by Gasteiger charge is -2.32. The highest BCUT2D eigenvalue weighted by molar-refractivity contribution is 5.76. The van der Waals surface area contributed by atoms with E-state index in [1.54, 1.807) is 6.20 Å². The molecule has 1 N–H and O–H groups in total. The summed E-state index contributed by atoms with van der Waals surface area (Å²) in [5.74, 6) is 1.49. The predicted octanol–water partition coefficient (Wildman–Crippen LogP) is 3.28. The van der Waals surface area contributed by atoms with Crippen LogP contribution in [0.2, 0.25) is 0 Å². The number of aryl methyl sites for hydroxylation is 1. The zero-order valence-electron chi connectivity index (χ0n) is 14.2. The fraction of sp³-hybridized carbons (Fsp3) is 0.474. The Kier molecular flexibility index (Phi) is 5.51. The van der Waals surface area contributed by atoms with Crippen LogP contribution in [0.5, 0.6) is 5.75 Å². The van der Waals surface area contributed by atoms with Crippen LogP contribution in [0.25, 0.3) is 0 Å². The minimum Gasteiger partial charge on any atom is -0.494 e. The van der Waals surface area contributed by atoms with Crippen LogP contribution in [0.3, 0.4) is 0 Å². The van der Waals surface area contributed by atoms with Crippen LogP contribution in [0, 0.1) is 6.92 Å². The second-order valence-electron chi connectivity index (χ2n) is 6.46. The van der Waals surface area contributed by atoms with Gasteiger partial charge in [0.25, 0.3) is 0 Å². The molecule has 1 aliphatic rings. The van der Waals surface area contributed by atoms with Crippen LogP contribution in [0.4, 0.5) is 0 Å². The summed E-state index contributed by atoms with van der Waals surface area (Å²) in [6, 6.07) is 10.0. The maximum atomic E-state index is 12.4. The molecule has 0 radical (unpaired) electrons. The predicted molar refractivity (Wildman–Crippen MR) is 93.1 cm³/mol. The molecule has 0 unspecified atom stereocenters. The number of ether oxygens (including phenoxy) is 1. The molecule has 0 spiro atoms. The number of aromatic nitrogens is 2. The molecule has 2 aromatic rings. The normalized spacial score (nSPS) is 17.7. The first-order valence-electron chi connectivity index (χ1n) is 8.69. The number of hydrogen-bond acceptors (Lipinski definition) is 3. The molecule has 5 heteroatoms. The first-order chi connectivity index (χ1) is 11.7.